The van der Waals surface area contributed by atoms with Crippen molar-refractivity contribution in [3.05, 3.63) is 49.2 Å². The normalized spacial score (nSPS) is 20.9. The lowest BCUT2D eigenvalue weighted by atomic mass is 9.88. The van der Waals surface area contributed by atoms with Crippen LogP contribution in [-0.4, -0.2) is 10.9 Å². The SMILES string of the molecule is Cc1c(Br)cc(Br)c2c1C(=Cc1cc3c([nH]1)CCCC3C)C(=O)N2. The Morgan fingerprint density at radius 1 is 1.25 bits per heavy atom. The Morgan fingerprint density at radius 3 is 2.79 bits per heavy atom. The number of aromatic amines is 1. The maximum Gasteiger partial charge on any atom is 0.256 e. The van der Waals surface area contributed by atoms with Gasteiger partial charge in [0.15, 0.2) is 0 Å². The van der Waals surface area contributed by atoms with Gasteiger partial charge in [0.2, 0.25) is 0 Å². The number of carbonyl (C=O) groups is 1. The summed E-state index contributed by atoms with van der Waals surface area (Å²) in [5.74, 6) is 0.541. The summed E-state index contributed by atoms with van der Waals surface area (Å²) in [6, 6.07) is 4.19. The first-order valence-corrected chi connectivity index (χ1v) is 9.78. The van der Waals surface area contributed by atoms with Crippen LogP contribution in [0.4, 0.5) is 5.69 Å². The summed E-state index contributed by atoms with van der Waals surface area (Å²) >= 11 is 7.13. The fraction of sp³-hybridized carbons (Fsp3) is 0.316. The number of hydrogen-bond acceptors (Lipinski definition) is 1. The van der Waals surface area contributed by atoms with Crippen molar-refractivity contribution < 1.29 is 4.79 Å². The molecule has 24 heavy (non-hydrogen) atoms. The third-order valence-corrected chi connectivity index (χ3v) is 6.53. The van der Waals surface area contributed by atoms with Crippen LogP contribution in [0.2, 0.25) is 0 Å². The van der Waals surface area contributed by atoms with E-state index in [1.807, 2.05) is 19.1 Å². The molecule has 0 fully saturated rings. The molecular weight excluding hydrogens is 432 g/mol. The van der Waals surface area contributed by atoms with Crippen molar-refractivity contribution in [3.8, 4) is 0 Å². The number of halogens is 2. The molecule has 2 aliphatic rings. The lowest BCUT2D eigenvalue weighted by Gasteiger charge is -2.17. The van der Waals surface area contributed by atoms with E-state index in [1.54, 1.807) is 0 Å². The van der Waals surface area contributed by atoms with Crippen LogP contribution in [0.3, 0.4) is 0 Å². The molecule has 1 atom stereocenters. The summed E-state index contributed by atoms with van der Waals surface area (Å²) < 4.78 is 1.89. The fourth-order valence-electron chi connectivity index (χ4n) is 3.77. The second kappa shape index (κ2) is 5.88. The summed E-state index contributed by atoms with van der Waals surface area (Å²) in [5.41, 5.74) is 7.37. The second-order valence-electron chi connectivity index (χ2n) is 6.68. The van der Waals surface area contributed by atoms with Crippen LogP contribution in [0.5, 0.6) is 0 Å². The highest BCUT2D eigenvalue weighted by atomic mass is 79.9. The summed E-state index contributed by atoms with van der Waals surface area (Å²) in [4.78, 5) is 16.0. The van der Waals surface area contributed by atoms with Crippen molar-refractivity contribution in [2.45, 2.75) is 39.0 Å². The number of aryl methyl sites for hydroxylation is 1. The highest BCUT2D eigenvalue weighted by Gasteiger charge is 2.29. The zero-order valence-corrected chi connectivity index (χ0v) is 16.8. The summed E-state index contributed by atoms with van der Waals surface area (Å²) in [6.45, 7) is 4.31. The molecule has 1 amide bonds. The van der Waals surface area contributed by atoms with Crippen molar-refractivity contribution in [1.82, 2.24) is 4.98 Å². The highest BCUT2D eigenvalue weighted by Crippen LogP contribution is 2.43. The number of amides is 1. The van der Waals surface area contributed by atoms with Crippen molar-refractivity contribution in [3.63, 3.8) is 0 Å². The molecule has 2 heterocycles. The second-order valence-corrected chi connectivity index (χ2v) is 8.39. The molecule has 1 aromatic carbocycles. The van der Waals surface area contributed by atoms with Gasteiger partial charge in [-0.2, -0.15) is 0 Å². The Balaban J connectivity index is 1.84. The van der Waals surface area contributed by atoms with E-state index in [0.29, 0.717) is 5.92 Å². The van der Waals surface area contributed by atoms with E-state index in [4.69, 9.17) is 0 Å². The number of rotatable bonds is 1. The molecule has 0 radical (unpaired) electrons. The molecule has 0 saturated carbocycles. The number of hydrogen-bond donors (Lipinski definition) is 2. The van der Waals surface area contributed by atoms with Gasteiger partial charge < -0.3 is 10.3 Å². The minimum Gasteiger partial charge on any atom is -0.359 e. The maximum absolute atomic E-state index is 12.5. The zero-order chi connectivity index (χ0) is 17.0. The first kappa shape index (κ1) is 16.2. The predicted octanol–water partition coefficient (Wildman–Crippen LogP) is 5.78. The Kier molecular flexibility index (Phi) is 3.96. The largest absolute Gasteiger partial charge is 0.359 e. The summed E-state index contributed by atoms with van der Waals surface area (Å²) in [6.07, 6.45) is 5.55. The molecule has 2 N–H and O–H groups in total. The monoisotopic (exact) mass is 448 g/mol. The van der Waals surface area contributed by atoms with Crippen LogP contribution >= 0.6 is 31.9 Å². The lowest BCUT2D eigenvalue weighted by Crippen LogP contribution is -2.04. The lowest BCUT2D eigenvalue weighted by molar-refractivity contribution is -0.110. The van der Waals surface area contributed by atoms with Gasteiger partial charge in [-0.3, -0.25) is 4.79 Å². The Bertz CT molecular complexity index is 895. The highest BCUT2D eigenvalue weighted by molar-refractivity contribution is 9.11. The molecule has 1 aliphatic carbocycles. The first-order chi connectivity index (χ1) is 11.5. The van der Waals surface area contributed by atoms with E-state index in [9.17, 15) is 4.79 Å². The minimum absolute atomic E-state index is 0.0486. The van der Waals surface area contributed by atoms with Gasteiger partial charge in [0, 0.05) is 25.9 Å². The van der Waals surface area contributed by atoms with Gasteiger partial charge in [-0.25, -0.2) is 0 Å². The van der Waals surface area contributed by atoms with Crippen LogP contribution in [0, 0.1) is 6.92 Å². The smallest absolute Gasteiger partial charge is 0.256 e. The van der Waals surface area contributed by atoms with E-state index in [-0.39, 0.29) is 5.91 Å². The van der Waals surface area contributed by atoms with E-state index in [0.717, 1.165) is 43.4 Å². The Hall–Kier alpha value is -1.33. The van der Waals surface area contributed by atoms with Gasteiger partial charge in [-0.1, -0.05) is 22.9 Å². The van der Waals surface area contributed by atoms with E-state index in [2.05, 4.69) is 55.2 Å². The standard InChI is InChI=1S/C19H18Br2N2O/c1-9-4-3-5-16-12(9)6-11(22-16)7-13-17-10(2)14(20)8-15(21)18(17)23-19(13)24/h6-9,22H,3-5H2,1-2H3,(H,23,24). The number of nitrogens with one attached hydrogen (secondary N) is 2. The van der Waals surface area contributed by atoms with Crippen LogP contribution in [0.25, 0.3) is 11.6 Å². The van der Waals surface area contributed by atoms with Crippen LogP contribution in [-0.2, 0) is 11.2 Å². The molecule has 1 aliphatic heterocycles. The molecule has 0 bridgehead atoms. The Labute approximate surface area is 158 Å². The molecule has 5 heteroatoms. The predicted molar refractivity (Wildman–Crippen MR) is 105 cm³/mol. The van der Waals surface area contributed by atoms with Crippen LogP contribution in [0.15, 0.2) is 21.1 Å². The Morgan fingerprint density at radius 2 is 2.04 bits per heavy atom. The molecule has 4 rings (SSSR count). The van der Waals surface area contributed by atoms with Crippen LogP contribution < -0.4 is 5.32 Å². The van der Waals surface area contributed by atoms with Crippen LogP contribution in [0.1, 0.15) is 53.8 Å². The molecule has 3 nitrogen and oxygen atoms in total. The molecule has 1 aromatic heterocycles. The molecule has 124 valence electrons. The third kappa shape index (κ3) is 2.49. The van der Waals surface area contributed by atoms with E-state index >= 15 is 0 Å². The molecular formula is C19H18Br2N2O. The van der Waals surface area contributed by atoms with Gasteiger partial charge in [0.05, 0.1) is 11.3 Å². The number of benzene rings is 1. The van der Waals surface area contributed by atoms with Crippen molar-refractivity contribution in [2.24, 2.45) is 0 Å². The van der Waals surface area contributed by atoms with Gasteiger partial charge in [-0.15, -0.1) is 0 Å². The molecule has 1 unspecified atom stereocenters. The van der Waals surface area contributed by atoms with Gasteiger partial charge in [-0.05, 0) is 77.4 Å². The van der Waals surface area contributed by atoms with E-state index < -0.39 is 0 Å². The van der Waals surface area contributed by atoms with E-state index in [1.165, 1.54) is 24.1 Å². The number of aromatic nitrogens is 1. The third-order valence-electron chi connectivity index (χ3n) is 5.08. The number of H-pyrrole nitrogens is 1. The average molecular weight is 450 g/mol. The van der Waals surface area contributed by atoms with Gasteiger partial charge in [0.1, 0.15) is 0 Å². The molecule has 0 saturated heterocycles. The molecule has 2 aromatic rings. The van der Waals surface area contributed by atoms with Crippen molar-refractivity contribution >= 4 is 55.1 Å². The quantitative estimate of drug-likeness (QED) is 0.532. The van der Waals surface area contributed by atoms with Crippen molar-refractivity contribution in [2.75, 3.05) is 5.32 Å². The summed E-state index contributed by atoms with van der Waals surface area (Å²) in [7, 11) is 0. The number of fused-ring (bicyclic) bond motifs is 2. The first-order valence-electron chi connectivity index (χ1n) is 8.19. The number of carbonyl (C=O) groups excluding carboxylic acids is 1. The van der Waals surface area contributed by atoms with Gasteiger partial charge in [0.25, 0.3) is 5.91 Å². The maximum atomic E-state index is 12.5. The average Bonchev–Trinajstić information content (AvgIpc) is 3.09. The number of anilines is 1. The summed E-state index contributed by atoms with van der Waals surface area (Å²) in [5, 5.41) is 2.99. The zero-order valence-electron chi connectivity index (χ0n) is 13.6. The minimum atomic E-state index is -0.0486. The molecule has 0 spiro atoms. The topological polar surface area (TPSA) is 44.9 Å². The van der Waals surface area contributed by atoms with Gasteiger partial charge >= 0.3 is 0 Å². The fourth-order valence-corrected chi connectivity index (χ4v) is 5.03. The van der Waals surface area contributed by atoms with Crippen molar-refractivity contribution in [1.29, 1.82) is 0 Å².